The van der Waals surface area contributed by atoms with Gasteiger partial charge in [0.1, 0.15) is 23.0 Å². The molecule has 2 N–H and O–H groups in total. The SMILES string of the molecule is O=C(NCc1c(F)cc(F)cc1F)c1cn2c(c(O)c1=O)C(=O)N1[C@H]3CC[C@@H](C3)[C@@H]1C2. The van der Waals surface area contributed by atoms with Crippen LogP contribution in [0.4, 0.5) is 13.2 Å². The van der Waals surface area contributed by atoms with Gasteiger partial charge in [-0.2, -0.15) is 0 Å². The lowest BCUT2D eigenvalue weighted by Gasteiger charge is -2.40. The second-order valence-corrected chi connectivity index (χ2v) is 8.26. The van der Waals surface area contributed by atoms with Crippen molar-refractivity contribution < 1.29 is 27.9 Å². The lowest BCUT2D eigenvalue weighted by molar-refractivity contribution is 0.0482. The molecule has 1 aromatic heterocycles. The molecule has 162 valence electrons. The van der Waals surface area contributed by atoms with Crippen LogP contribution in [-0.2, 0) is 13.1 Å². The van der Waals surface area contributed by atoms with Crippen LogP contribution >= 0.6 is 0 Å². The lowest BCUT2D eigenvalue weighted by Crippen LogP contribution is -2.52. The predicted octanol–water partition coefficient (Wildman–Crippen LogP) is 1.91. The minimum atomic E-state index is -1.18. The van der Waals surface area contributed by atoms with Crippen LogP contribution in [0.15, 0.2) is 23.1 Å². The van der Waals surface area contributed by atoms with E-state index < -0.39 is 58.1 Å². The molecule has 1 saturated carbocycles. The van der Waals surface area contributed by atoms with Crippen LogP contribution in [0.5, 0.6) is 5.75 Å². The predicted molar refractivity (Wildman–Crippen MR) is 101 cm³/mol. The Hall–Kier alpha value is -3.30. The molecule has 2 fully saturated rings. The topological polar surface area (TPSA) is 91.6 Å². The van der Waals surface area contributed by atoms with Gasteiger partial charge in [-0.25, -0.2) is 13.2 Å². The largest absolute Gasteiger partial charge is 0.503 e. The van der Waals surface area contributed by atoms with Crippen molar-refractivity contribution in [3.63, 3.8) is 0 Å². The van der Waals surface area contributed by atoms with Gasteiger partial charge in [0.2, 0.25) is 5.43 Å². The molecule has 1 aliphatic carbocycles. The molecule has 10 heteroatoms. The van der Waals surface area contributed by atoms with Gasteiger partial charge < -0.3 is 19.9 Å². The number of aromatic hydroxyl groups is 1. The summed E-state index contributed by atoms with van der Waals surface area (Å²) in [6.45, 7) is -0.282. The van der Waals surface area contributed by atoms with Gasteiger partial charge in [-0.05, 0) is 25.2 Å². The molecule has 31 heavy (non-hydrogen) atoms. The van der Waals surface area contributed by atoms with Crippen LogP contribution in [-0.4, -0.2) is 38.5 Å². The summed E-state index contributed by atoms with van der Waals surface area (Å²) in [5.41, 5.74) is -2.21. The summed E-state index contributed by atoms with van der Waals surface area (Å²) in [6, 6.07) is 1.02. The van der Waals surface area contributed by atoms with E-state index in [9.17, 15) is 32.7 Å². The summed E-state index contributed by atoms with van der Waals surface area (Å²) in [5, 5.41) is 12.6. The molecule has 3 heterocycles. The smallest absolute Gasteiger partial charge is 0.275 e. The first-order valence-electron chi connectivity index (χ1n) is 9.97. The van der Waals surface area contributed by atoms with E-state index in [2.05, 4.69) is 5.32 Å². The zero-order valence-electron chi connectivity index (χ0n) is 16.2. The average Bonchev–Trinajstić information content (AvgIpc) is 3.31. The van der Waals surface area contributed by atoms with Crippen molar-refractivity contribution in [2.75, 3.05) is 0 Å². The van der Waals surface area contributed by atoms with Crippen molar-refractivity contribution >= 4 is 11.8 Å². The van der Waals surface area contributed by atoms with E-state index in [1.54, 1.807) is 4.90 Å². The van der Waals surface area contributed by atoms with Gasteiger partial charge in [0.05, 0.1) is 6.04 Å². The maximum absolute atomic E-state index is 13.8. The number of fused-ring (bicyclic) bond motifs is 6. The van der Waals surface area contributed by atoms with Crippen LogP contribution in [0, 0.1) is 23.4 Å². The highest BCUT2D eigenvalue weighted by Gasteiger charge is 2.51. The normalized spacial score (nSPS) is 23.6. The van der Waals surface area contributed by atoms with Gasteiger partial charge >= 0.3 is 0 Å². The Bertz CT molecular complexity index is 1170. The third-order valence-electron chi connectivity index (χ3n) is 6.59. The maximum atomic E-state index is 13.8. The number of halogens is 3. The van der Waals surface area contributed by atoms with E-state index in [0.717, 1.165) is 19.3 Å². The molecule has 3 atom stereocenters. The van der Waals surface area contributed by atoms with Gasteiger partial charge in [0.15, 0.2) is 11.4 Å². The van der Waals surface area contributed by atoms with Crippen molar-refractivity contribution in [1.29, 1.82) is 0 Å². The van der Waals surface area contributed by atoms with Crippen LogP contribution in [0.25, 0.3) is 0 Å². The van der Waals surface area contributed by atoms with E-state index in [0.29, 0.717) is 24.6 Å². The number of nitrogens with zero attached hydrogens (tertiary/aromatic N) is 2. The average molecular weight is 433 g/mol. The van der Waals surface area contributed by atoms with Crippen molar-refractivity contribution in [3.8, 4) is 5.75 Å². The molecule has 2 aromatic rings. The zero-order chi connectivity index (χ0) is 22.0. The molecular formula is C21H18F3N3O4. The monoisotopic (exact) mass is 433 g/mol. The van der Waals surface area contributed by atoms with Gasteiger partial charge in [-0.1, -0.05) is 0 Å². The van der Waals surface area contributed by atoms with Crippen LogP contribution in [0.1, 0.15) is 45.7 Å². The first-order chi connectivity index (χ1) is 14.8. The van der Waals surface area contributed by atoms with Crippen molar-refractivity contribution in [2.45, 2.75) is 44.4 Å². The van der Waals surface area contributed by atoms with Crippen molar-refractivity contribution in [1.82, 2.24) is 14.8 Å². The number of pyridine rings is 1. The second-order valence-electron chi connectivity index (χ2n) is 8.26. The third-order valence-corrected chi connectivity index (χ3v) is 6.59. The van der Waals surface area contributed by atoms with E-state index in [1.165, 1.54) is 10.8 Å². The standard InChI is InChI=1S/C21H18F3N3O4/c22-10-4-14(23)12(15(24)5-10)6-25-20(30)13-7-26-8-16-9-1-2-11(3-9)27(16)21(31)17(26)19(29)18(13)28/h4-5,7,9,11,16,29H,1-3,6,8H2,(H,25,30)/t9-,11-,16-/m0/s1. The van der Waals surface area contributed by atoms with Crippen LogP contribution < -0.4 is 10.7 Å². The highest BCUT2D eigenvalue weighted by Crippen LogP contribution is 2.45. The molecule has 2 bridgehead atoms. The van der Waals surface area contributed by atoms with Crippen LogP contribution in [0.2, 0.25) is 0 Å². The fraction of sp³-hybridized carbons (Fsp3) is 0.381. The summed E-state index contributed by atoms with van der Waals surface area (Å²) in [4.78, 5) is 39.8. The second kappa shape index (κ2) is 6.86. The van der Waals surface area contributed by atoms with Gasteiger partial charge in [0, 0.05) is 43.0 Å². The Labute approximate surface area is 174 Å². The number of amides is 2. The Kier molecular flexibility index (Phi) is 4.35. The molecule has 3 aliphatic rings. The highest BCUT2D eigenvalue weighted by atomic mass is 19.1. The number of carbonyl (C=O) groups is 2. The number of hydrogen-bond donors (Lipinski definition) is 2. The van der Waals surface area contributed by atoms with Gasteiger partial charge in [-0.15, -0.1) is 0 Å². The molecule has 5 rings (SSSR count). The molecule has 0 radical (unpaired) electrons. The fourth-order valence-electron chi connectivity index (χ4n) is 5.15. The number of nitrogens with one attached hydrogen (secondary N) is 1. The Morgan fingerprint density at radius 2 is 1.87 bits per heavy atom. The number of hydrogen-bond acceptors (Lipinski definition) is 4. The molecule has 0 unspecified atom stereocenters. The van der Waals surface area contributed by atoms with Crippen LogP contribution in [0.3, 0.4) is 0 Å². The third kappa shape index (κ3) is 2.92. The van der Waals surface area contributed by atoms with E-state index >= 15 is 0 Å². The Morgan fingerprint density at radius 3 is 2.58 bits per heavy atom. The Balaban J connectivity index is 1.44. The first kappa shape index (κ1) is 19.7. The van der Waals surface area contributed by atoms with Gasteiger partial charge in [0.25, 0.3) is 11.8 Å². The minimum Gasteiger partial charge on any atom is -0.503 e. The number of rotatable bonds is 3. The maximum Gasteiger partial charge on any atom is 0.275 e. The summed E-state index contributed by atoms with van der Waals surface area (Å²) in [6.07, 6.45) is 3.99. The molecule has 1 aromatic carbocycles. The van der Waals surface area contributed by atoms with Gasteiger partial charge in [-0.3, -0.25) is 14.4 Å². The van der Waals surface area contributed by atoms with E-state index in [1.807, 2.05) is 0 Å². The molecule has 2 amide bonds. The first-order valence-corrected chi connectivity index (χ1v) is 9.97. The molecule has 7 nitrogen and oxygen atoms in total. The van der Waals surface area contributed by atoms with Crippen molar-refractivity contribution in [3.05, 3.63) is 62.8 Å². The minimum absolute atomic E-state index is 0.0565. The zero-order valence-corrected chi connectivity index (χ0v) is 16.2. The number of benzene rings is 1. The summed E-state index contributed by atoms with van der Waals surface area (Å²) < 4.78 is 42.0. The summed E-state index contributed by atoms with van der Waals surface area (Å²) >= 11 is 0. The molecular weight excluding hydrogens is 415 g/mol. The number of aromatic nitrogens is 1. The molecule has 0 spiro atoms. The number of piperidine rings is 1. The highest BCUT2D eigenvalue weighted by molar-refractivity contribution is 5.99. The molecule has 1 saturated heterocycles. The van der Waals surface area contributed by atoms with Crippen molar-refractivity contribution in [2.24, 2.45) is 5.92 Å². The Morgan fingerprint density at radius 1 is 1.16 bits per heavy atom. The fourth-order valence-corrected chi connectivity index (χ4v) is 5.15. The molecule has 2 aliphatic heterocycles. The lowest BCUT2D eigenvalue weighted by atomic mass is 9.95. The quantitative estimate of drug-likeness (QED) is 0.774. The van der Waals surface area contributed by atoms with E-state index in [4.69, 9.17) is 0 Å². The number of carbonyl (C=O) groups excluding carboxylic acids is 2. The summed E-state index contributed by atoms with van der Waals surface area (Å²) in [5.74, 6) is -5.33. The van der Waals surface area contributed by atoms with E-state index in [-0.39, 0.29) is 17.8 Å². The summed E-state index contributed by atoms with van der Waals surface area (Å²) in [7, 11) is 0.